The number of carbonyl (C=O) groups excluding carboxylic acids is 1. The first kappa shape index (κ1) is 13.1. The normalized spacial score (nSPS) is 16.8. The van der Waals surface area contributed by atoms with Crippen molar-refractivity contribution in [3.05, 3.63) is 30.6 Å². The Labute approximate surface area is 118 Å². The molecule has 1 aliphatic rings. The highest BCUT2D eigenvalue weighted by Gasteiger charge is 2.20. The highest BCUT2D eigenvalue weighted by atomic mass is 16.2. The monoisotopic (exact) mass is 272 g/mol. The van der Waals surface area contributed by atoms with Crippen LogP contribution in [0.1, 0.15) is 6.92 Å². The van der Waals surface area contributed by atoms with Crippen molar-refractivity contribution >= 4 is 16.9 Å². The average Bonchev–Trinajstić information content (AvgIpc) is 2.91. The zero-order valence-corrected chi connectivity index (χ0v) is 11.8. The van der Waals surface area contributed by atoms with Crippen LogP contribution in [-0.4, -0.2) is 58.0 Å². The number of aromatic nitrogens is 2. The van der Waals surface area contributed by atoms with Crippen molar-refractivity contribution in [3.8, 4) is 0 Å². The van der Waals surface area contributed by atoms with E-state index in [2.05, 4.69) is 16.8 Å². The van der Waals surface area contributed by atoms with Crippen molar-refractivity contribution in [2.75, 3.05) is 32.7 Å². The molecule has 5 heteroatoms. The molecule has 1 amide bonds. The fourth-order valence-electron chi connectivity index (χ4n) is 2.71. The molecular formula is C15H20N4O. The molecule has 0 N–H and O–H groups in total. The maximum Gasteiger partial charge on any atom is 0.242 e. The summed E-state index contributed by atoms with van der Waals surface area (Å²) in [6.07, 6.45) is 3.71. The summed E-state index contributed by atoms with van der Waals surface area (Å²) in [5.74, 6) is 0.184. The van der Waals surface area contributed by atoms with E-state index in [-0.39, 0.29) is 5.91 Å². The zero-order valence-electron chi connectivity index (χ0n) is 11.8. The number of likely N-dealkylation sites (N-methyl/N-ethyl adjacent to an activating group) is 1. The highest BCUT2D eigenvalue weighted by Crippen LogP contribution is 2.13. The van der Waals surface area contributed by atoms with Gasteiger partial charge in [-0.15, -0.1) is 0 Å². The van der Waals surface area contributed by atoms with Crippen molar-refractivity contribution < 1.29 is 4.79 Å². The van der Waals surface area contributed by atoms with Crippen molar-refractivity contribution in [2.45, 2.75) is 13.5 Å². The van der Waals surface area contributed by atoms with E-state index in [0.29, 0.717) is 6.54 Å². The molecule has 1 fully saturated rings. The van der Waals surface area contributed by atoms with Gasteiger partial charge in [0.05, 0.1) is 0 Å². The molecule has 0 bridgehead atoms. The minimum absolute atomic E-state index is 0.184. The SMILES string of the molecule is CCN1CCN(C(=O)Cn2ccc3cccnc32)CC1. The summed E-state index contributed by atoms with van der Waals surface area (Å²) in [5.41, 5.74) is 0.882. The minimum Gasteiger partial charge on any atom is -0.339 e. The van der Waals surface area contributed by atoms with Gasteiger partial charge in [0.15, 0.2) is 0 Å². The van der Waals surface area contributed by atoms with Crippen LogP contribution in [0.2, 0.25) is 0 Å². The average molecular weight is 272 g/mol. The Morgan fingerprint density at radius 3 is 2.80 bits per heavy atom. The lowest BCUT2D eigenvalue weighted by Crippen LogP contribution is -2.49. The van der Waals surface area contributed by atoms with Gasteiger partial charge in [-0.1, -0.05) is 6.92 Å². The van der Waals surface area contributed by atoms with Crippen LogP contribution in [0, 0.1) is 0 Å². The Bertz CT molecular complexity index is 599. The number of piperazine rings is 1. The van der Waals surface area contributed by atoms with E-state index in [1.54, 1.807) is 6.20 Å². The van der Waals surface area contributed by atoms with Gasteiger partial charge in [0.25, 0.3) is 0 Å². The second-order valence-corrected chi connectivity index (χ2v) is 5.17. The lowest BCUT2D eigenvalue weighted by Gasteiger charge is -2.34. The molecule has 5 nitrogen and oxygen atoms in total. The van der Waals surface area contributed by atoms with Gasteiger partial charge < -0.3 is 14.4 Å². The van der Waals surface area contributed by atoms with Crippen LogP contribution < -0.4 is 0 Å². The summed E-state index contributed by atoms with van der Waals surface area (Å²) in [4.78, 5) is 21.0. The van der Waals surface area contributed by atoms with E-state index in [4.69, 9.17) is 0 Å². The molecule has 1 saturated heterocycles. The van der Waals surface area contributed by atoms with E-state index < -0.39 is 0 Å². The number of hydrogen-bond acceptors (Lipinski definition) is 3. The minimum atomic E-state index is 0.184. The molecule has 0 aromatic carbocycles. The molecule has 106 valence electrons. The molecule has 0 unspecified atom stereocenters. The first-order valence-corrected chi connectivity index (χ1v) is 7.18. The second-order valence-electron chi connectivity index (χ2n) is 5.17. The van der Waals surface area contributed by atoms with Crippen molar-refractivity contribution in [1.82, 2.24) is 19.4 Å². The number of pyridine rings is 1. The molecule has 2 aromatic heterocycles. The summed E-state index contributed by atoms with van der Waals surface area (Å²) in [7, 11) is 0. The van der Waals surface area contributed by atoms with Gasteiger partial charge in [0, 0.05) is 44.0 Å². The first-order chi connectivity index (χ1) is 9.78. The van der Waals surface area contributed by atoms with E-state index in [1.807, 2.05) is 33.9 Å². The van der Waals surface area contributed by atoms with Crippen molar-refractivity contribution in [3.63, 3.8) is 0 Å². The highest BCUT2D eigenvalue weighted by molar-refractivity contribution is 5.80. The predicted molar refractivity (Wildman–Crippen MR) is 78.4 cm³/mol. The molecular weight excluding hydrogens is 252 g/mol. The summed E-state index contributed by atoms with van der Waals surface area (Å²) in [6.45, 7) is 7.23. The summed E-state index contributed by atoms with van der Waals surface area (Å²) < 4.78 is 1.93. The van der Waals surface area contributed by atoms with E-state index in [1.165, 1.54) is 0 Å². The molecule has 20 heavy (non-hydrogen) atoms. The van der Waals surface area contributed by atoms with Gasteiger partial charge in [0.1, 0.15) is 12.2 Å². The van der Waals surface area contributed by atoms with Crippen LogP contribution in [0.4, 0.5) is 0 Å². The lowest BCUT2D eigenvalue weighted by atomic mass is 10.3. The number of fused-ring (bicyclic) bond motifs is 1. The maximum absolute atomic E-state index is 12.4. The largest absolute Gasteiger partial charge is 0.339 e. The summed E-state index contributed by atoms with van der Waals surface area (Å²) >= 11 is 0. The van der Waals surface area contributed by atoms with Gasteiger partial charge in [-0.25, -0.2) is 4.98 Å². The Kier molecular flexibility index (Phi) is 3.69. The van der Waals surface area contributed by atoms with Crippen molar-refractivity contribution in [2.24, 2.45) is 0 Å². The number of carbonyl (C=O) groups is 1. The van der Waals surface area contributed by atoms with Gasteiger partial charge in [-0.05, 0) is 24.7 Å². The molecule has 2 aromatic rings. The third kappa shape index (κ3) is 2.54. The molecule has 0 saturated carbocycles. The molecule has 3 heterocycles. The Balaban J connectivity index is 1.67. The molecule has 0 spiro atoms. The number of nitrogens with zero attached hydrogens (tertiary/aromatic N) is 4. The number of rotatable bonds is 3. The topological polar surface area (TPSA) is 41.4 Å². The first-order valence-electron chi connectivity index (χ1n) is 7.18. The van der Waals surface area contributed by atoms with Gasteiger partial charge in [-0.2, -0.15) is 0 Å². The number of amides is 1. The molecule has 0 radical (unpaired) electrons. The van der Waals surface area contributed by atoms with E-state index in [9.17, 15) is 4.79 Å². The Hall–Kier alpha value is -1.88. The summed E-state index contributed by atoms with van der Waals surface area (Å²) in [5, 5.41) is 1.08. The summed E-state index contributed by atoms with van der Waals surface area (Å²) in [6, 6.07) is 5.94. The molecule has 3 rings (SSSR count). The van der Waals surface area contributed by atoms with Crippen LogP contribution in [-0.2, 0) is 11.3 Å². The van der Waals surface area contributed by atoms with Gasteiger partial charge in [0.2, 0.25) is 5.91 Å². The third-order valence-corrected chi connectivity index (χ3v) is 4.00. The third-order valence-electron chi connectivity index (χ3n) is 4.00. The smallest absolute Gasteiger partial charge is 0.242 e. The van der Waals surface area contributed by atoms with E-state index >= 15 is 0 Å². The van der Waals surface area contributed by atoms with Gasteiger partial charge >= 0.3 is 0 Å². The number of hydrogen-bond donors (Lipinski definition) is 0. The van der Waals surface area contributed by atoms with Crippen LogP contribution in [0.5, 0.6) is 0 Å². The van der Waals surface area contributed by atoms with Crippen LogP contribution in [0.15, 0.2) is 30.6 Å². The van der Waals surface area contributed by atoms with Crippen LogP contribution in [0.25, 0.3) is 11.0 Å². The van der Waals surface area contributed by atoms with Crippen LogP contribution >= 0.6 is 0 Å². The Morgan fingerprint density at radius 2 is 2.05 bits per heavy atom. The molecule has 0 aliphatic carbocycles. The zero-order chi connectivity index (χ0) is 13.9. The Morgan fingerprint density at radius 1 is 1.25 bits per heavy atom. The predicted octanol–water partition coefficient (Wildman–Crippen LogP) is 1.20. The van der Waals surface area contributed by atoms with Gasteiger partial charge in [-0.3, -0.25) is 4.79 Å². The van der Waals surface area contributed by atoms with Crippen LogP contribution in [0.3, 0.4) is 0 Å². The fourth-order valence-corrected chi connectivity index (χ4v) is 2.71. The van der Waals surface area contributed by atoms with E-state index in [0.717, 1.165) is 43.8 Å². The fraction of sp³-hybridized carbons (Fsp3) is 0.467. The quantitative estimate of drug-likeness (QED) is 0.843. The maximum atomic E-state index is 12.4. The standard InChI is InChI=1S/C15H20N4O/c1-2-17-8-10-18(11-9-17)14(20)12-19-7-5-13-4-3-6-16-15(13)19/h3-7H,2,8-12H2,1H3. The lowest BCUT2D eigenvalue weighted by molar-refractivity contribution is -0.133. The molecule has 1 aliphatic heterocycles. The second kappa shape index (κ2) is 5.63. The van der Waals surface area contributed by atoms with Crippen molar-refractivity contribution in [1.29, 1.82) is 0 Å². The molecule has 0 atom stereocenters.